The van der Waals surface area contributed by atoms with E-state index in [1.807, 2.05) is 45.0 Å². The minimum Gasteiger partial charge on any atom is -0.354 e. The van der Waals surface area contributed by atoms with E-state index >= 15 is 0 Å². The van der Waals surface area contributed by atoms with Crippen LogP contribution in [0.1, 0.15) is 39.2 Å². The predicted octanol–water partition coefficient (Wildman–Crippen LogP) is 2.80. The number of para-hydroxylation sites is 1. The fourth-order valence-corrected chi connectivity index (χ4v) is 5.15. The topological polar surface area (TPSA) is 109 Å². The number of hydrogen-bond donors (Lipinski definition) is 2. The normalized spacial score (nSPS) is 16.1. The lowest BCUT2D eigenvalue weighted by molar-refractivity contribution is -0.125. The van der Waals surface area contributed by atoms with E-state index < -0.39 is 0 Å². The summed E-state index contributed by atoms with van der Waals surface area (Å²) >= 11 is 1.26. The summed E-state index contributed by atoms with van der Waals surface area (Å²) in [5.74, 6) is -0.344. The molecule has 1 fully saturated rings. The van der Waals surface area contributed by atoms with Gasteiger partial charge in [0.15, 0.2) is 10.8 Å². The molecule has 34 heavy (non-hydrogen) atoms. The molecule has 0 unspecified atom stereocenters. The molecule has 3 aromatic rings. The van der Waals surface area contributed by atoms with E-state index in [9.17, 15) is 14.4 Å². The van der Waals surface area contributed by atoms with E-state index in [0.717, 1.165) is 37.1 Å². The summed E-state index contributed by atoms with van der Waals surface area (Å²) in [7, 11) is 0. The zero-order chi connectivity index (χ0) is 24.2. The van der Waals surface area contributed by atoms with Crippen molar-refractivity contribution in [3.63, 3.8) is 0 Å². The third-order valence-corrected chi connectivity index (χ3v) is 6.95. The highest BCUT2D eigenvalue weighted by molar-refractivity contribution is 7.22. The maximum absolute atomic E-state index is 13.1. The van der Waals surface area contributed by atoms with Gasteiger partial charge in [-0.2, -0.15) is 4.98 Å². The number of nitrogens with zero attached hydrogens (tertiary/aromatic N) is 4. The Hall–Kier alpha value is -3.27. The Kier molecular flexibility index (Phi) is 7.26. The van der Waals surface area contributed by atoms with Crippen molar-refractivity contribution in [3.8, 4) is 0 Å². The van der Waals surface area contributed by atoms with Crippen molar-refractivity contribution in [2.45, 2.75) is 52.6 Å². The number of aryl methyl sites for hydroxylation is 1. The minimum absolute atomic E-state index is 0.0527. The average Bonchev–Trinajstić information content (AvgIpc) is 3.26. The van der Waals surface area contributed by atoms with Crippen LogP contribution in [-0.2, 0) is 22.6 Å². The molecule has 0 radical (unpaired) electrons. The molecule has 1 saturated heterocycles. The quantitative estimate of drug-likeness (QED) is 0.536. The number of hydrogen-bond acceptors (Lipinski definition) is 7. The first-order chi connectivity index (χ1) is 16.4. The predicted molar refractivity (Wildman–Crippen MR) is 134 cm³/mol. The van der Waals surface area contributed by atoms with Crippen LogP contribution in [-0.4, -0.2) is 45.5 Å². The number of nitrogens with one attached hydrogen (secondary N) is 2. The van der Waals surface area contributed by atoms with E-state index in [1.54, 1.807) is 0 Å². The van der Waals surface area contributed by atoms with Gasteiger partial charge in [-0.1, -0.05) is 36.5 Å². The van der Waals surface area contributed by atoms with E-state index in [-0.39, 0.29) is 35.9 Å². The maximum Gasteiger partial charge on any atom is 0.273 e. The maximum atomic E-state index is 13.1. The molecule has 1 aliphatic rings. The second kappa shape index (κ2) is 10.3. The summed E-state index contributed by atoms with van der Waals surface area (Å²) in [6.07, 6.45) is 3.88. The van der Waals surface area contributed by atoms with E-state index in [4.69, 9.17) is 0 Å². The van der Waals surface area contributed by atoms with Crippen molar-refractivity contribution in [3.05, 3.63) is 46.5 Å². The smallest absolute Gasteiger partial charge is 0.273 e. The van der Waals surface area contributed by atoms with Gasteiger partial charge in [0.05, 0.1) is 5.92 Å². The number of benzene rings is 1. The molecule has 180 valence electrons. The molecular formula is C24H30N6O3S. The fourth-order valence-electron chi connectivity index (χ4n) is 4.15. The van der Waals surface area contributed by atoms with Crippen LogP contribution in [0.15, 0.2) is 35.4 Å². The molecule has 3 heterocycles. The summed E-state index contributed by atoms with van der Waals surface area (Å²) in [6.45, 7) is 7.13. The molecule has 9 nitrogen and oxygen atoms in total. The van der Waals surface area contributed by atoms with Gasteiger partial charge in [0.2, 0.25) is 11.8 Å². The van der Waals surface area contributed by atoms with Crippen LogP contribution in [0.5, 0.6) is 0 Å². The molecule has 0 spiro atoms. The zero-order valence-electron chi connectivity index (χ0n) is 19.7. The zero-order valence-corrected chi connectivity index (χ0v) is 20.5. The Morgan fingerprint density at radius 2 is 2.06 bits per heavy atom. The second-order valence-corrected chi connectivity index (χ2v) is 9.81. The van der Waals surface area contributed by atoms with Crippen molar-refractivity contribution < 1.29 is 9.59 Å². The Labute approximate surface area is 202 Å². The van der Waals surface area contributed by atoms with Crippen LogP contribution in [0.2, 0.25) is 0 Å². The number of rotatable bonds is 7. The molecule has 2 N–H and O–H groups in total. The Morgan fingerprint density at radius 1 is 1.26 bits per heavy atom. The van der Waals surface area contributed by atoms with Gasteiger partial charge < -0.3 is 15.5 Å². The molecular weight excluding hydrogens is 452 g/mol. The van der Waals surface area contributed by atoms with Crippen LogP contribution in [0.25, 0.3) is 10.3 Å². The van der Waals surface area contributed by atoms with Gasteiger partial charge in [0.1, 0.15) is 17.6 Å². The van der Waals surface area contributed by atoms with Gasteiger partial charge in [-0.15, -0.1) is 0 Å². The summed E-state index contributed by atoms with van der Waals surface area (Å²) in [4.78, 5) is 49.1. The minimum atomic E-state index is -0.293. The molecule has 2 amide bonds. The van der Waals surface area contributed by atoms with Crippen molar-refractivity contribution in [2.75, 3.05) is 23.3 Å². The number of piperidine rings is 1. The fraction of sp³-hybridized carbons (Fsp3) is 0.458. The molecule has 4 rings (SSSR count). The Balaban J connectivity index is 1.50. The summed E-state index contributed by atoms with van der Waals surface area (Å²) in [5.41, 5.74) is 1.86. The number of fused-ring (bicyclic) bond motifs is 1. The van der Waals surface area contributed by atoms with E-state index in [0.29, 0.717) is 22.0 Å². The number of amides is 2. The van der Waals surface area contributed by atoms with E-state index in [1.165, 1.54) is 22.2 Å². The standard InChI is InChI=1S/C24H30N6O3S/c1-4-16-8-5-6-10-18(16)27-19(31)13-30-14-25-21-20(23(30)33)34-24(28-21)29-11-7-9-17(12-29)22(32)26-15(2)3/h5-6,8,10,14-15,17H,4,7,9,11-13H2,1-3H3,(H,26,32)(H,27,31)/t17-/m1/s1. The highest BCUT2D eigenvalue weighted by Crippen LogP contribution is 2.29. The van der Waals surface area contributed by atoms with Gasteiger partial charge in [-0.3, -0.25) is 19.0 Å². The largest absolute Gasteiger partial charge is 0.354 e. The number of aromatic nitrogens is 3. The molecule has 0 aliphatic carbocycles. The lowest BCUT2D eigenvalue weighted by Crippen LogP contribution is -2.44. The highest BCUT2D eigenvalue weighted by atomic mass is 32.1. The van der Waals surface area contributed by atoms with Gasteiger partial charge >= 0.3 is 0 Å². The van der Waals surface area contributed by atoms with Crippen LogP contribution < -0.4 is 21.1 Å². The molecule has 1 aromatic carbocycles. The molecule has 1 atom stereocenters. The summed E-state index contributed by atoms with van der Waals surface area (Å²) in [5, 5.41) is 6.55. The van der Waals surface area contributed by atoms with Crippen LogP contribution in [0.3, 0.4) is 0 Å². The van der Waals surface area contributed by atoms with Gasteiger partial charge in [-0.25, -0.2) is 4.98 Å². The van der Waals surface area contributed by atoms with Crippen LogP contribution in [0.4, 0.5) is 10.8 Å². The third-order valence-electron chi connectivity index (χ3n) is 5.85. The van der Waals surface area contributed by atoms with E-state index in [2.05, 4.69) is 25.5 Å². The van der Waals surface area contributed by atoms with Crippen molar-refractivity contribution in [1.29, 1.82) is 0 Å². The monoisotopic (exact) mass is 482 g/mol. The second-order valence-electron chi connectivity index (χ2n) is 8.83. The molecule has 1 aliphatic heterocycles. The number of anilines is 2. The Morgan fingerprint density at radius 3 is 2.82 bits per heavy atom. The van der Waals surface area contributed by atoms with Gasteiger partial charge in [-0.05, 0) is 44.7 Å². The molecule has 0 saturated carbocycles. The summed E-state index contributed by atoms with van der Waals surface area (Å²) in [6, 6.07) is 7.71. The third kappa shape index (κ3) is 5.27. The SMILES string of the molecule is CCc1ccccc1NC(=O)Cn1cnc2nc(N3CCC[C@@H](C(=O)NC(C)C)C3)sc2c1=O. The molecule has 10 heteroatoms. The van der Waals surface area contributed by atoms with Gasteiger partial charge in [0.25, 0.3) is 5.56 Å². The highest BCUT2D eigenvalue weighted by Gasteiger charge is 2.28. The first kappa shape index (κ1) is 23.9. The Bertz CT molecular complexity index is 1250. The van der Waals surface area contributed by atoms with Crippen LogP contribution in [0, 0.1) is 5.92 Å². The van der Waals surface area contributed by atoms with Crippen molar-refractivity contribution in [1.82, 2.24) is 19.9 Å². The van der Waals surface area contributed by atoms with Crippen molar-refractivity contribution in [2.24, 2.45) is 5.92 Å². The number of carbonyl (C=O) groups is 2. The number of thiazole rings is 1. The van der Waals surface area contributed by atoms with Crippen molar-refractivity contribution >= 4 is 44.3 Å². The van der Waals surface area contributed by atoms with Gasteiger partial charge in [0, 0.05) is 24.8 Å². The lowest BCUT2D eigenvalue weighted by Gasteiger charge is -2.32. The first-order valence-electron chi connectivity index (χ1n) is 11.6. The molecule has 0 bridgehead atoms. The lowest BCUT2D eigenvalue weighted by atomic mass is 9.97. The molecule has 2 aromatic heterocycles. The summed E-state index contributed by atoms with van der Waals surface area (Å²) < 4.78 is 1.72. The van der Waals surface area contributed by atoms with Crippen LogP contribution >= 0.6 is 11.3 Å². The average molecular weight is 483 g/mol. The number of carbonyl (C=O) groups excluding carboxylic acids is 2. The first-order valence-corrected chi connectivity index (χ1v) is 12.5.